The van der Waals surface area contributed by atoms with Crippen molar-refractivity contribution in [3.63, 3.8) is 0 Å². The van der Waals surface area contributed by atoms with E-state index in [1.54, 1.807) is 0 Å². The van der Waals surface area contributed by atoms with Crippen molar-refractivity contribution in [3.8, 4) is 17.2 Å². The smallest absolute Gasteiger partial charge is 0.245 e. The van der Waals surface area contributed by atoms with Gasteiger partial charge in [-0.15, -0.1) is 0 Å². The van der Waals surface area contributed by atoms with Gasteiger partial charge in [-0.25, -0.2) is 0 Å². The lowest BCUT2D eigenvalue weighted by molar-refractivity contribution is -0.136. The van der Waals surface area contributed by atoms with Gasteiger partial charge in [0, 0.05) is 67.9 Å². The number of H-pyrrole nitrogens is 1. The molecule has 8 nitrogen and oxygen atoms in total. The van der Waals surface area contributed by atoms with E-state index in [4.69, 9.17) is 0 Å². The van der Waals surface area contributed by atoms with Crippen molar-refractivity contribution in [2.24, 2.45) is 11.3 Å². The second-order valence-corrected chi connectivity index (χ2v) is 12.4. The summed E-state index contributed by atoms with van der Waals surface area (Å²) in [5.74, 6) is 0.719. The molecule has 3 fully saturated rings. The molecule has 3 aromatic rings. The number of benzene rings is 2. The quantitative estimate of drug-likeness (QED) is 0.469. The van der Waals surface area contributed by atoms with Crippen LogP contribution in [-0.2, 0) is 4.79 Å². The van der Waals surface area contributed by atoms with Gasteiger partial charge in [-0.3, -0.25) is 9.89 Å². The van der Waals surface area contributed by atoms with Gasteiger partial charge in [-0.2, -0.15) is 10.4 Å². The Labute approximate surface area is 236 Å². The normalized spacial score (nSPS) is 18.9. The van der Waals surface area contributed by atoms with Crippen molar-refractivity contribution in [2.45, 2.75) is 26.2 Å². The maximum absolute atomic E-state index is 12.1. The van der Waals surface area contributed by atoms with Crippen LogP contribution in [0.15, 0.2) is 43.1 Å². The maximum atomic E-state index is 12.1. The summed E-state index contributed by atoms with van der Waals surface area (Å²) < 4.78 is 0. The Kier molecular flexibility index (Phi) is 6.79. The number of nitriles is 1. The van der Waals surface area contributed by atoms with Gasteiger partial charge < -0.3 is 19.6 Å². The summed E-state index contributed by atoms with van der Waals surface area (Å²) in [4.78, 5) is 21.2. The lowest BCUT2D eigenvalue weighted by atomic mass is 9.79. The van der Waals surface area contributed by atoms with E-state index in [0.29, 0.717) is 5.92 Å². The van der Waals surface area contributed by atoms with Crippen molar-refractivity contribution < 1.29 is 4.79 Å². The highest BCUT2D eigenvalue weighted by Crippen LogP contribution is 2.46. The summed E-state index contributed by atoms with van der Waals surface area (Å²) in [6.07, 6.45) is 6.63. The van der Waals surface area contributed by atoms with Gasteiger partial charge in [0.2, 0.25) is 5.91 Å². The molecule has 0 atom stereocenters. The molecule has 0 unspecified atom stereocenters. The van der Waals surface area contributed by atoms with E-state index in [2.05, 4.69) is 82.8 Å². The number of fused-ring (bicyclic) bond motifs is 1. The minimum atomic E-state index is 0.00687. The van der Waals surface area contributed by atoms with E-state index in [-0.39, 0.29) is 11.3 Å². The first-order valence-electron chi connectivity index (χ1n) is 14.4. The molecule has 6 rings (SSSR count). The molecular formula is C32H39N7O. The number of anilines is 2. The first kappa shape index (κ1) is 26.4. The van der Waals surface area contributed by atoms with Crippen LogP contribution in [0, 0.1) is 29.6 Å². The van der Waals surface area contributed by atoms with Crippen LogP contribution in [0.25, 0.3) is 22.0 Å². The number of rotatable bonds is 6. The molecular weight excluding hydrogens is 498 g/mol. The molecule has 0 saturated carbocycles. The van der Waals surface area contributed by atoms with Gasteiger partial charge in [0.15, 0.2) is 0 Å². The predicted octanol–water partition coefficient (Wildman–Crippen LogP) is 4.41. The number of amides is 1. The van der Waals surface area contributed by atoms with Gasteiger partial charge in [-0.05, 0) is 81.6 Å². The molecule has 8 heteroatoms. The molecule has 2 aromatic carbocycles. The van der Waals surface area contributed by atoms with Crippen LogP contribution in [0.5, 0.6) is 0 Å². The molecule has 1 amide bonds. The number of likely N-dealkylation sites (tertiary alicyclic amines) is 1. The lowest BCUT2D eigenvalue weighted by Crippen LogP contribution is -2.59. The molecule has 3 saturated heterocycles. The Balaban J connectivity index is 1.40. The molecule has 3 aliphatic rings. The molecule has 40 heavy (non-hydrogen) atoms. The summed E-state index contributed by atoms with van der Waals surface area (Å²) in [6.45, 7) is 12.2. The van der Waals surface area contributed by atoms with Crippen molar-refractivity contribution in [1.29, 1.82) is 5.26 Å². The number of carbonyl (C=O) groups is 1. The third-order valence-corrected chi connectivity index (χ3v) is 9.24. The highest BCUT2D eigenvalue weighted by Gasteiger charge is 2.49. The summed E-state index contributed by atoms with van der Waals surface area (Å²) >= 11 is 0. The fraction of sp³-hybridized carbons (Fsp3) is 0.469. The Morgan fingerprint density at radius 1 is 1.20 bits per heavy atom. The van der Waals surface area contributed by atoms with Gasteiger partial charge in [0.05, 0.1) is 23.0 Å². The lowest BCUT2D eigenvalue weighted by Gasteiger charge is -2.47. The molecule has 3 aliphatic heterocycles. The number of aromatic nitrogens is 2. The fourth-order valence-corrected chi connectivity index (χ4v) is 7.18. The van der Waals surface area contributed by atoms with Crippen LogP contribution in [0.4, 0.5) is 11.4 Å². The number of nitrogens with one attached hydrogen (secondary N) is 1. The molecule has 0 bridgehead atoms. The Hall–Kier alpha value is -3.83. The molecule has 1 N–H and O–H groups in total. The topological polar surface area (TPSA) is 82.5 Å². The van der Waals surface area contributed by atoms with E-state index in [1.807, 2.05) is 11.1 Å². The van der Waals surface area contributed by atoms with Crippen molar-refractivity contribution in [2.75, 3.05) is 69.7 Å². The standard InChI is InChI=1S/C32H39N7O/c1-5-30(40)39-20-32(21-39)10-13-38(19-32)29-15-24(37-11-8-23(9-12-37)18-36(3)4)14-25(26(29)16-33)31-22(2)6-7-28-27(31)17-34-35-28/h5-7,14-15,17,23H,1,8-13,18-21H2,2-4H3,(H,34,35). The van der Waals surface area contributed by atoms with Crippen LogP contribution in [-0.4, -0.2) is 85.8 Å². The second-order valence-electron chi connectivity index (χ2n) is 12.4. The Morgan fingerprint density at radius 2 is 1.98 bits per heavy atom. The number of hydrogen-bond acceptors (Lipinski definition) is 6. The highest BCUT2D eigenvalue weighted by atomic mass is 16.2. The molecule has 4 heterocycles. The maximum Gasteiger partial charge on any atom is 0.245 e. The monoisotopic (exact) mass is 537 g/mol. The van der Waals surface area contributed by atoms with Crippen LogP contribution in [0.1, 0.15) is 30.4 Å². The van der Waals surface area contributed by atoms with Crippen LogP contribution < -0.4 is 9.80 Å². The van der Waals surface area contributed by atoms with Gasteiger partial charge in [-0.1, -0.05) is 12.6 Å². The minimum Gasteiger partial charge on any atom is -0.371 e. The number of nitrogens with zero attached hydrogens (tertiary/aromatic N) is 6. The summed E-state index contributed by atoms with van der Waals surface area (Å²) in [6, 6.07) is 11.3. The summed E-state index contributed by atoms with van der Waals surface area (Å²) in [5, 5.41) is 19.1. The predicted molar refractivity (Wildman–Crippen MR) is 161 cm³/mol. The van der Waals surface area contributed by atoms with Crippen LogP contribution >= 0.6 is 0 Å². The van der Waals surface area contributed by atoms with Gasteiger partial charge in [0.1, 0.15) is 6.07 Å². The van der Waals surface area contributed by atoms with Crippen molar-refractivity contribution in [3.05, 3.63) is 54.2 Å². The zero-order valence-electron chi connectivity index (χ0n) is 23.9. The summed E-state index contributed by atoms with van der Waals surface area (Å²) in [7, 11) is 4.31. The average Bonchev–Trinajstić information content (AvgIpc) is 3.59. The number of piperidine rings is 1. The van der Waals surface area contributed by atoms with E-state index in [0.717, 1.165) is 91.1 Å². The molecule has 1 aromatic heterocycles. The minimum absolute atomic E-state index is 0.00687. The first-order valence-corrected chi connectivity index (χ1v) is 14.4. The zero-order chi connectivity index (χ0) is 28.0. The van der Waals surface area contributed by atoms with Crippen molar-refractivity contribution >= 4 is 28.2 Å². The Morgan fingerprint density at radius 3 is 2.67 bits per heavy atom. The largest absolute Gasteiger partial charge is 0.371 e. The first-order chi connectivity index (χ1) is 19.3. The second kappa shape index (κ2) is 10.3. The number of aryl methyl sites for hydroxylation is 1. The number of carbonyl (C=O) groups excluding carboxylic acids is 1. The van der Waals surface area contributed by atoms with Gasteiger partial charge in [0.25, 0.3) is 0 Å². The van der Waals surface area contributed by atoms with Crippen LogP contribution in [0.2, 0.25) is 0 Å². The third kappa shape index (κ3) is 4.62. The van der Waals surface area contributed by atoms with Crippen LogP contribution in [0.3, 0.4) is 0 Å². The van der Waals surface area contributed by atoms with E-state index < -0.39 is 0 Å². The molecule has 0 aliphatic carbocycles. The number of aromatic amines is 1. The zero-order valence-corrected chi connectivity index (χ0v) is 23.9. The molecule has 0 radical (unpaired) electrons. The summed E-state index contributed by atoms with van der Waals surface area (Å²) in [5.41, 5.74) is 7.17. The molecule has 208 valence electrons. The van der Waals surface area contributed by atoms with E-state index >= 15 is 0 Å². The van der Waals surface area contributed by atoms with E-state index in [9.17, 15) is 10.1 Å². The van der Waals surface area contributed by atoms with Gasteiger partial charge >= 0.3 is 0 Å². The molecule has 1 spiro atoms. The fourth-order valence-electron chi connectivity index (χ4n) is 7.18. The highest BCUT2D eigenvalue weighted by molar-refractivity contribution is 5.99. The SMILES string of the molecule is C=CC(=O)N1CC2(CCN(c3cc(N4CCC(CN(C)C)CC4)cc(-c4c(C)ccc5[nH]ncc45)c3C#N)C2)C1. The number of hydrogen-bond donors (Lipinski definition) is 1. The Bertz CT molecular complexity index is 1480. The van der Waals surface area contributed by atoms with E-state index in [1.165, 1.54) is 24.6 Å². The average molecular weight is 538 g/mol. The third-order valence-electron chi connectivity index (χ3n) is 9.24. The van der Waals surface area contributed by atoms with Crippen molar-refractivity contribution in [1.82, 2.24) is 20.0 Å².